The molecular weight excluding hydrogens is 621 g/mol. The number of aliphatic hydroxyl groups excluding tert-OH is 1. The van der Waals surface area contributed by atoms with Crippen LogP contribution in [-0.4, -0.2) is 46.4 Å². The SMILES string of the molecule is CCCCCCCCCCCC(=O)N(CCCCCC[C@@H]1Cc2cc(O)ccc2[C@@H]2[C@@H]1[C@@H]1CC[C@H](O)[C@@]1(C)C[C@@H]2F)CCCc1ccccc1. The Hall–Kier alpha value is -2.40. The van der Waals surface area contributed by atoms with Crippen LogP contribution in [0.3, 0.4) is 0 Å². The van der Waals surface area contributed by atoms with Crippen LogP contribution in [0.2, 0.25) is 0 Å². The molecule has 1 amide bonds. The summed E-state index contributed by atoms with van der Waals surface area (Å²) in [6.45, 7) is 6.08. The van der Waals surface area contributed by atoms with E-state index in [1.165, 1.54) is 50.5 Å². The predicted molar refractivity (Wildman–Crippen MR) is 204 cm³/mol. The molecule has 2 N–H and O–H groups in total. The minimum absolute atomic E-state index is 0.131. The first-order valence-electron chi connectivity index (χ1n) is 20.8. The highest BCUT2D eigenvalue weighted by molar-refractivity contribution is 5.76. The Labute approximate surface area is 303 Å². The number of aliphatic hydroxyl groups is 1. The van der Waals surface area contributed by atoms with Crippen molar-refractivity contribution in [3.63, 3.8) is 0 Å². The largest absolute Gasteiger partial charge is 0.508 e. The molecule has 4 nitrogen and oxygen atoms in total. The second kappa shape index (κ2) is 19.4. The molecule has 2 fully saturated rings. The average Bonchev–Trinajstić information content (AvgIpc) is 3.40. The Kier molecular flexibility index (Phi) is 15.1. The zero-order chi connectivity index (χ0) is 35.3. The number of fused-ring (bicyclic) bond motifs is 5. The summed E-state index contributed by atoms with van der Waals surface area (Å²) in [4.78, 5) is 15.6. The number of carbonyl (C=O) groups excluding carboxylic acids is 1. The monoisotopic (exact) mass is 690 g/mol. The second-order valence-electron chi connectivity index (χ2n) is 16.6. The van der Waals surface area contributed by atoms with E-state index >= 15 is 4.39 Å². The summed E-state index contributed by atoms with van der Waals surface area (Å²) in [6.07, 6.45) is 21.2. The van der Waals surface area contributed by atoms with Crippen molar-refractivity contribution in [2.24, 2.45) is 23.2 Å². The van der Waals surface area contributed by atoms with E-state index in [1.54, 1.807) is 6.07 Å². The summed E-state index contributed by atoms with van der Waals surface area (Å²) in [5.74, 6) is 1.44. The molecular formula is C45H68FNO3. The number of halogens is 1. The normalized spacial score (nSPS) is 27.0. The van der Waals surface area contributed by atoms with Crippen molar-refractivity contribution < 1.29 is 19.4 Å². The Morgan fingerprint density at radius 2 is 1.54 bits per heavy atom. The minimum atomic E-state index is -0.957. The van der Waals surface area contributed by atoms with Crippen LogP contribution in [0.5, 0.6) is 5.75 Å². The van der Waals surface area contributed by atoms with Gasteiger partial charge in [-0.15, -0.1) is 0 Å². The Morgan fingerprint density at radius 3 is 2.30 bits per heavy atom. The fourth-order valence-corrected chi connectivity index (χ4v) is 10.3. The first-order chi connectivity index (χ1) is 24.3. The second-order valence-corrected chi connectivity index (χ2v) is 16.6. The van der Waals surface area contributed by atoms with Gasteiger partial charge in [0.05, 0.1) is 6.10 Å². The van der Waals surface area contributed by atoms with Crippen LogP contribution in [-0.2, 0) is 17.6 Å². The number of amides is 1. The van der Waals surface area contributed by atoms with Gasteiger partial charge in [0.15, 0.2) is 0 Å². The molecule has 0 unspecified atom stereocenters. The first kappa shape index (κ1) is 38.8. The van der Waals surface area contributed by atoms with Crippen molar-refractivity contribution in [1.29, 1.82) is 0 Å². The third-order valence-electron chi connectivity index (χ3n) is 13.1. The topological polar surface area (TPSA) is 60.8 Å². The molecule has 0 heterocycles. The molecule has 0 aromatic heterocycles. The standard InChI is InChI=1S/C45H68FNO3/c1-3-4-5-6-7-8-9-10-17-24-42(50)47(30-19-22-34-20-14-13-15-21-34)29-18-12-11-16-23-35-31-36-32-37(48)25-26-38(36)44-40(46)33-45(2)39(43(35)44)27-28-41(45)49/h13-15,20-21,25-26,32,35,39-41,43-44,48-49H,3-12,16-19,22-24,27-31,33H2,1-2H3/t35-,39+,40+,41+,43+,44+,45+/m1/s1. The van der Waals surface area contributed by atoms with Gasteiger partial charge in [0.2, 0.25) is 5.91 Å². The number of aromatic hydroxyl groups is 1. The summed E-state index contributed by atoms with van der Waals surface area (Å²) in [6, 6.07) is 16.2. The summed E-state index contributed by atoms with van der Waals surface area (Å²) >= 11 is 0. The molecule has 5 heteroatoms. The number of unbranched alkanes of at least 4 members (excludes halogenated alkanes) is 11. The molecule has 2 aromatic rings. The highest BCUT2D eigenvalue weighted by atomic mass is 19.1. The van der Waals surface area contributed by atoms with E-state index in [0.717, 1.165) is 101 Å². The van der Waals surface area contributed by atoms with Gasteiger partial charge in [-0.05, 0) is 110 Å². The van der Waals surface area contributed by atoms with Gasteiger partial charge in [-0.3, -0.25) is 4.79 Å². The summed E-state index contributed by atoms with van der Waals surface area (Å²) < 4.78 is 16.1. The molecule has 2 saturated carbocycles. The van der Waals surface area contributed by atoms with Crippen molar-refractivity contribution in [2.75, 3.05) is 13.1 Å². The van der Waals surface area contributed by atoms with Gasteiger partial charge in [-0.2, -0.15) is 0 Å². The quantitative estimate of drug-likeness (QED) is 0.128. The lowest BCUT2D eigenvalue weighted by molar-refractivity contribution is -0.131. The maximum Gasteiger partial charge on any atom is 0.222 e. The van der Waals surface area contributed by atoms with Gasteiger partial charge < -0.3 is 15.1 Å². The van der Waals surface area contributed by atoms with E-state index in [1.807, 2.05) is 12.1 Å². The van der Waals surface area contributed by atoms with E-state index in [9.17, 15) is 15.0 Å². The van der Waals surface area contributed by atoms with E-state index in [0.29, 0.717) is 30.6 Å². The predicted octanol–water partition coefficient (Wildman–Crippen LogP) is 11.1. The zero-order valence-electron chi connectivity index (χ0n) is 31.5. The lowest BCUT2D eigenvalue weighted by atomic mass is 9.51. The number of phenolic OH excluding ortho intramolecular Hbond substituents is 1. The number of phenols is 1. The lowest BCUT2D eigenvalue weighted by Gasteiger charge is -2.54. The lowest BCUT2D eigenvalue weighted by Crippen LogP contribution is -2.51. The van der Waals surface area contributed by atoms with Crippen molar-refractivity contribution in [1.82, 2.24) is 4.90 Å². The van der Waals surface area contributed by atoms with Crippen LogP contribution in [0.4, 0.5) is 4.39 Å². The fraction of sp³-hybridized carbons (Fsp3) is 0.711. The molecule has 50 heavy (non-hydrogen) atoms. The molecule has 0 spiro atoms. The van der Waals surface area contributed by atoms with Crippen molar-refractivity contribution >= 4 is 5.91 Å². The number of benzene rings is 2. The van der Waals surface area contributed by atoms with Gasteiger partial charge in [0, 0.05) is 25.4 Å². The number of nitrogens with zero attached hydrogens (tertiary/aromatic N) is 1. The number of hydrogen-bond acceptors (Lipinski definition) is 3. The molecule has 0 saturated heterocycles. The molecule has 278 valence electrons. The van der Waals surface area contributed by atoms with Crippen molar-refractivity contribution in [3.05, 3.63) is 65.2 Å². The maximum atomic E-state index is 16.1. The molecule has 0 aliphatic heterocycles. The van der Waals surface area contributed by atoms with Crippen molar-refractivity contribution in [3.8, 4) is 5.75 Å². The number of carbonyl (C=O) groups is 1. The van der Waals surface area contributed by atoms with Gasteiger partial charge in [-0.25, -0.2) is 4.39 Å². The number of hydrogen-bond donors (Lipinski definition) is 2. The first-order valence-corrected chi connectivity index (χ1v) is 20.8. The van der Waals surface area contributed by atoms with Crippen LogP contribution in [0.15, 0.2) is 48.5 Å². The van der Waals surface area contributed by atoms with Gasteiger partial charge in [0.1, 0.15) is 11.9 Å². The Bertz CT molecular complexity index is 1300. The third-order valence-corrected chi connectivity index (χ3v) is 13.1. The van der Waals surface area contributed by atoms with E-state index < -0.39 is 12.3 Å². The van der Waals surface area contributed by atoms with Crippen LogP contribution in [0, 0.1) is 23.2 Å². The molecule has 3 aliphatic rings. The van der Waals surface area contributed by atoms with E-state index in [2.05, 4.69) is 49.1 Å². The summed E-state index contributed by atoms with van der Waals surface area (Å²) in [5.41, 5.74) is 3.22. The smallest absolute Gasteiger partial charge is 0.222 e. The van der Waals surface area contributed by atoms with Crippen LogP contribution in [0.1, 0.15) is 158 Å². The molecule has 0 radical (unpaired) electrons. The summed E-state index contributed by atoms with van der Waals surface area (Å²) in [5, 5.41) is 21.3. The zero-order valence-corrected chi connectivity index (χ0v) is 31.5. The van der Waals surface area contributed by atoms with Gasteiger partial charge in [-0.1, -0.05) is 121 Å². The van der Waals surface area contributed by atoms with Gasteiger partial charge in [0.25, 0.3) is 0 Å². The fourth-order valence-electron chi connectivity index (χ4n) is 10.3. The van der Waals surface area contributed by atoms with E-state index in [4.69, 9.17) is 0 Å². The third kappa shape index (κ3) is 10.1. The van der Waals surface area contributed by atoms with Gasteiger partial charge >= 0.3 is 0 Å². The van der Waals surface area contributed by atoms with Crippen LogP contribution < -0.4 is 0 Å². The number of rotatable bonds is 21. The number of alkyl halides is 1. The van der Waals surface area contributed by atoms with Crippen LogP contribution >= 0.6 is 0 Å². The van der Waals surface area contributed by atoms with E-state index in [-0.39, 0.29) is 23.0 Å². The average molecular weight is 690 g/mol. The number of aryl methyl sites for hydroxylation is 1. The molecule has 3 aliphatic carbocycles. The minimum Gasteiger partial charge on any atom is -0.508 e. The summed E-state index contributed by atoms with van der Waals surface area (Å²) in [7, 11) is 0. The van der Waals surface area contributed by atoms with Crippen molar-refractivity contribution in [2.45, 2.75) is 167 Å². The Morgan fingerprint density at radius 1 is 0.860 bits per heavy atom. The van der Waals surface area contributed by atoms with Crippen LogP contribution in [0.25, 0.3) is 0 Å². The molecule has 5 rings (SSSR count). The molecule has 0 bridgehead atoms. The highest BCUT2D eigenvalue weighted by Crippen LogP contribution is 2.63. The highest BCUT2D eigenvalue weighted by Gasteiger charge is 2.59. The Balaban J connectivity index is 1.10. The maximum absolute atomic E-state index is 16.1. The molecule has 2 aromatic carbocycles. The molecule has 7 atom stereocenters.